The largest absolute Gasteiger partial charge is 0.287 e. The molecular weight excluding hydrogens is 284 g/mol. The van der Waals surface area contributed by atoms with Crippen LogP contribution in [0.15, 0.2) is 35.2 Å². The van der Waals surface area contributed by atoms with E-state index in [0.29, 0.717) is 6.42 Å². The normalized spacial score (nSPS) is 21.6. The predicted octanol–water partition coefficient (Wildman–Crippen LogP) is 4.75. The monoisotopic (exact) mass is 308 g/mol. The van der Waals surface area contributed by atoms with Crippen LogP contribution in [-0.2, 0) is 14.6 Å². The van der Waals surface area contributed by atoms with Crippen molar-refractivity contribution in [2.24, 2.45) is 0 Å². The van der Waals surface area contributed by atoms with Crippen molar-refractivity contribution in [2.75, 3.05) is 0 Å². The molecule has 0 amide bonds. The van der Waals surface area contributed by atoms with Gasteiger partial charge in [-0.1, -0.05) is 62.6 Å². The average Bonchev–Trinajstić information content (AvgIpc) is 2.92. The molecule has 1 aliphatic heterocycles. The standard InChI is InChI=1S/C17H24O3S/c1-2-3-4-6-9-14-12-15(20-19-14)13-17(18)21-16-10-7-5-8-11-16/h5,7-8,10-11,14-15H,2-4,6,9,12-13H2,1H3/t14-,15?/m1/s1. The van der Waals surface area contributed by atoms with Crippen molar-refractivity contribution in [3.63, 3.8) is 0 Å². The highest BCUT2D eigenvalue weighted by Crippen LogP contribution is 2.27. The Morgan fingerprint density at radius 2 is 1.90 bits per heavy atom. The van der Waals surface area contributed by atoms with Crippen LogP contribution in [0.25, 0.3) is 0 Å². The van der Waals surface area contributed by atoms with Crippen molar-refractivity contribution in [1.82, 2.24) is 0 Å². The van der Waals surface area contributed by atoms with E-state index in [0.717, 1.165) is 17.7 Å². The summed E-state index contributed by atoms with van der Waals surface area (Å²) >= 11 is 1.28. The minimum Gasteiger partial charge on any atom is -0.287 e. The van der Waals surface area contributed by atoms with Crippen LogP contribution in [0.2, 0.25) is 0 Å². The Hall–Kier alpha value is -0.840. The minimum absolute atomic E-state index is 0.0788. The summed E-state index contributed by atoms with van der Waals surface area (Å²) in [5, 5.41) is 0.140. The first kappa shape index (κ1) is 16.5. The minimum atomic E-state index is -0.0788. The van der Waals surface area contributed by atoms with Crippen LogP contribution in [0, 0.1) is 0 Å². The summed E-state index contributed by atoms with van der Waals surface area (Å²) in [5.74, 6) is 0. The number of carbonyl (C=O) groups is 1. The van der Waals surface area contributed by atoms with Gasteiger partial charge in [0, 0.05) is 17.7 Å². The molecule has 116 valence electrons. The van der Waals surface area contributed by atoms with Gasteiger partial charge in [0.05, 0.1) is 6.10 Å². The number of thioether (sulfide) groups is 1. The van der Waals surface area contributed by atoms with Crippen LogP contribution in [0.5, 0.6) is 0 Å². The van der Waals surface area contributed by atoms with E-state index in [2.05, 4.69) is 6.92 Å². The van der Waals surface area contributed by atoms with Crippen LogP contribution in [0.1, 0.15) is 51.9 Å². The summed E-state index contributed by atoms with van der Waals surface area (Å²) in [4.78, 5) is 23.6. The SMILES string of the molecule is CCCCCC[C@@H]1CC(CC(=O)Sc2ccccc2)OO1. The molecule has 0 saturated carbocycles. The maximum atomic E-state index is 12.0. The van der Waals surface area contributed by atoms with E-state index in [-0.39, 0.29) is 17.3 Å². The summed E-state index contributed by atoms with van der Waals surface area (Å²) in [6.45, 7) is 2.21. The first-order valence-corrected chi connectivity index (χ1v) is 8.67. The fourth-order valence-corrected chi connectivity index (χ4v) is 3.28. The smallest absolute Gasteiger partial charge is 0.196 e. The van der Waals surface area contributed by atoms with Crippen molar-refractivity contribution >= 4 is 16.9 Å². The van der Waals surface area contributed by atoms with Crippen molar-refractivity contribution in [2.45, 2.75) is 69.0 Å². The Balaban J connectivity index is 1.64. The van der Waals surface area contributed by atoms with E-state index >= 15 is 0 Å². The molecule has 0 radical (unpaired) electrons. The van der Waals surface area contributed by atoms with Gasteiger partial charge in [-0.05, 0) is 18.6 Å². The van der Waals surface area contributed by atoms with Gasteiger partial charge in [0.15, 0.2) is 5.12 Å². The van der Waals surface area contributed by atoms with Crippen LogP contribution < -0.4 is 0 Å². The molecule has 0 aliphatic carbocycles. The second-order valence-electron chi connectivity index (χ2n) is 5.51. The third kappa shape index (κ3) is 6.20. The molecule has 1 fully saturated rings. The molecule has 21 heavy (non-hydrogen) atoms. The molecule has 1 aromatic rings. The van der Waals surface area contributed by atoms with Gasteiger partial charge in [0.2, 0.25) is 0 Å². The topological polar surface area (TPSA) is 35.5 Å². The Bertz CT molecular complexity index is 421. The third-order valence-corrected chi connectivity index (χ3v) is 4.50. The second-order valence-corrected chi connectivity index (χ2v) is 6.64. The highest BCUT2D eigenvalue weighted by atomic mass is 32.2. The van der Waals surface area contributed by atoms with Crippen molar-refractivity contribution in [3.8, 4) is 0 Å². The van der Waals surface area contributed by atoms with Gasteiger partial charge in [0.1, 0.15) is 6.10 Å². The Kier molecular flexibility index (Phi) is 7.27. The van der Waals surface area contributed by atoms with Gasteiger partial charge in [-0.2, -0.15) is 0 Å². The first-order valence-electron chi connectivity index (χ1n) is 7.85. The summed E-state index contributed by atoms with van der Waals surface area (Å²) in [6.07, 6.45) is 7.35. The van der Waals surface area contributed by atoms with Gasteiger partial charge in [0.25, 0.3) is 0 Å². The molecule has 2 atom stereocenters. The first-order chi connectivity index (χ1) is 10.3. The molecule has 0 aromatic heterocycles. The molecule has 2 rings (SSSR count). The van der Waals surface area contributed by atoms with Gasteiger partial charge in [-0.25, -0.2) is 9.78 Å². The second kappa shape index (κ2) is 9.23. The van der Waals surface area contributed by atoms with Crippen LogP contribution >= 0.6 is 11.8 Å². The molecular formula is C17H24O3S. The lowest BCUT2D eigenvalue weighted by Gasteiger charge is -2.05. The van der Waals surface area contributed by atoms with Gasteiger partial charge < -0.3 is 0 Å². The zero-order valence-electron chi connectivity index (χ0n) is 12.6. The molecule has 1 heterocycles. The zero-order valence-corrected chi connectivity index (χ0v) is 13.4. The molecule has 0 bridgehead atoms. The van der Waals surface area contributed by atoms with Gasteiger partial charge in [-0.3, -0.25) is 4.79 Å². The molecule has 3 nitrogen and oxygen atoms in total. The lowest BCUT2D eigenvalue weighted by molar-refractivity contribution is -0.296. The number of carbonyl (C=O) groups excluding carboxylic acids is 1. The third-order valence-electron chi connectivity index (χ3n) is 3.60. The Morgan fingerprint density at radius 1 is 1.14 bits per heavy atom. The molecule has 4 heteroatoms. The number of hydrogen-bond donors (Lipinski definition) is 0. The Morgan fingerprint density at radius 3 is 2.67 bits per heavy atom. The molecule has 1 aromatic carbocycles. The van der Waals surface area contributed by atoms with Crippen molar-refractivity contribution in [1.29, 1.82) is 0 Å². The van der Waals surface area contributed by atoms with Crippen LogP contribution in [0.3, 0.4) is 0 Å². The average molecular weight is 308 g/mol. The van der Waals surface area contributed by atoms with E-state index in [4.69, 9.17) is 9.78 Å². The maximum Gasteiger partial charge on any atom is 0.196 e. The Labute approximate surface area is 131 Å². The lowest BCUT2D eigenvalue weighted by atomic mass is 10.0. The summed E-state index contributed by atoms with van der Waals surface area (Å²) in [6, 6.07) is 9.73. The van der Waals surface area contributed by atoms with E-state index in [1.54, 1.807) is 0 Å². The molecule has 0 spiro atoms. The molecule has 0 N–H and O–H groups in total. The number of unbranched alkanes of at least 4 members (excludes halogenated alkanes) is 3. The highest BCUT2D eigenvalue weighted by molar-refractivity contribution is 8.13. The lowest BCUT2D eigenvalue weighted by Crippen LogP contribution is -2.11. The van der Waals surface area contributed by atoms with E-state index in [1.807, 2.05) is 30.3 Å². The quantitative estimate of drug-likeness (QED) is 0.394. The zero-order chi connectivity index (χ0) is 14.9. The number of benzene rings is 1. The van der Waals surface area contributed by atoms with Gasteiger partial charge in [-0.15, -0.1) is 0 Å². The van der Waals surface area contributed by atoms with E-state index in [9.17, 15) is 4.79 Å². The molecule has 1 aliphatic rings. The van der Waals surface area contributed by atoms with Gasteiger partial charge >= 0.3 is 0 Å². The fraction of sp³-hybridized carbons (Fsp3) is 0.588. The van der Waals surface area contributed by atoms with Crippen LogP contribution in [-0.4, -0.2) is 17.3 Å². The summed E-state index contributed by atoms with van der Waals surface area (Å²) in [5.41, 5.74) is 0. The number of hydrogen-bond acceptors (Lipinski definition) is 4. The van der Waals surface area contributed by atoms with E-state index in [1.165, 1.54) is 37.4 Å². The number of rotatable bonds is 8. The van der Waals surface area contributed by atoms with Crippen LogP contribution in [0.4, 0.5) is 0 Å². The fourth-order valence-electron chi connectivity index (χ4n) is 2.46. The van der Waals surface area contributed by atoms with E-state index < -0.39 is 0 Å². The van der Waals surface area contributed by atoms with Crippen molar-refractivity contribution in [3.05, 3.63) is 30.3 Å². The highest BCUT2D eigenvalue weighted by Gasteiger charge is 2.29. The van der Waals surface area contributed by atoms with Crippen molar-refractivity contribution < 1.29 is 14.6 Å². The predicted molar refractivity (Wildman–Crippen MR) is 85.0 cm³/mol. The summed E-state index contributed by atoms with van der Waals surface area (Å²) in [7, 11) is 0. The summed E-state index contributed by atoms with van der Waals surface area (Å²) < 4.78 is 0. The molecule has 1 unspecified atom stereocenters. The molecule has 1 saturated heterocycles. The maximum absolute atomic E-state index is 12.0.